The van der Waals surface area contributed by atoms with E-state index in [4.69, 9.17) is 7.48 Å². The second-order valence-electron chi connectivity index (χ2n) is 8.68. The lowest BCUT2D eigenvalue weighted by molar-refractivity contribution is -0.136. The number of benzene rings is 2. The number of imide groups is 1. The Hall–Kier alpha value is -3.30. The highest BCUT2D eigenvalue weighted by Crippen LogP contribution is 2.32. The Morgan fingerprint density at radius 1 is 1.18 bits per heavy atom. The fourth-order valence-electron chi connectivity index (χ4n) is 4.61. The van der Waals surface area contributed by atoms with Crippen molar-refractivity contribution in [2.75, 3.05) is 31.6 Å². The molecule has 0 aliphatic carbocycles. The predicted molar refractivity (Wildman–Crippen MR) is 122 cm³/mol. The molecular formula is C25H27FN4O4. The van der Waals surface area contributed by atoms with Gasteiger partial charge in [0.05, 0.1) is 16.0 Å². The summed E-state index contributed by atoms with van der Waals surface area (Å²) in [5.41, 5.74) is 1.83. The van der Waals surface area contributed by atoms with Crippen LogP contribution < -0.4 is 10.6 Å². The molecule has 2 saturated heterocycles. The maximum absolute atomic E-state index is 15.1. The Labute approximate surface area is 199 Å². The molecule has 1 atom stereocenters. The average molecular weight is 469 g/mol. The van der Waals surface area contributed by atoms with E-state index in [-0.39, 0.29) is 36.8 Å². The molecule has 3 amide bonds. The number of ether oxygens (including phenoxy) is 1. The van der Waals surface area contributed by atoms with Gasteiger partial charge >= 0.3 is 0 Å². The van der Waals surface area contributed by atoms with E-state index in [2.05, 4.69) is 15.5 Å². The zero-order chi connectivity index (χ0) is 25.4. The highest BCUT2D eigenvalue weighted by Gasteiger charge is 2.39. The predicted octanol–water partition coefficient (Wildman–Crippen LogP) is 2.03. The number of carbonyl (C=O) groups is 3. The Kier molecular flexibility index (Phi) is 5.63. The lowest BCUT2D eigenvalue weighted by Crippen LogP contribution is -2.52. The minimum absolute atomic E-state index is 0.0840. The molecule has 3 aliphatic rings. The maximum Gasteiger partial charge on any atom is 0.255 e. The van der Waals surface area contributed by atoms with Gasteiger partial charge in [-0.3, -0.25) is 24.6 Å². The molecule has 0 saturated carbocycles. The number of fused-ring (bicyclic) bond motifs is 1. The zero-order valence-corrected chi connectivity index (χ0v) is 18.6. The van der Waals surface area contributed by atoms with Crippen LogP contribution in [-0.4, -0.2) is 59.9 Å². The first-order valence-corrected chi connectivity index (χ1v) is 11.4. The van der Waals surface area contributed by atoms with Crippen LogP contribution in [0.4, 0.5) is 10.1 Å². The molecule has 178 valence electrons. The van der Waals surface area contributed by atoms with Gasteiger partial charge in [-0.05, 0) is 30.2 Å². The SMILES string of the molecule is [2H]C([2H])(Nc1cccc2c1CN(C1CCC(=O)NC1=O)C2=O)c1ccc(CN2CCOCC2)cc1F. The molecule has 2 fully saturated rings. The van der Waals surface area contributed by atoms with Crippen molar-refractivity contribution < 1.29 is 26.3 Å². The van der Waals surface area contributed by atoms with Crippen LogP contribution in [-0.2, 0) is 33.9 Å². The first-order chi connectivity index (χ1) is 17.2. The molecule has 34 heavy (non-hydrogen) atoms. The summed E-state index contributed by atoms with van der Waals surface area (Å²) in [5, 5.41) is 5.04. The Balaban J connectivity index is 1.34. The van der Waals surface area contributed by atoms with Gasteiger partial charge in [0, 0.05) is 61.5 Å². The van der Waals surface area contributed by atoms with Gasteiger partial charge in [-0.15, -0.1) is 0 Å². The van der Waals surface area contributed by atoms with Crippen LogP contribution in [0.2, 0.25) is 0 Å². The number of carbonyl (C=O) groups excluding carboxylic acids is 3. The van der Waals surface area contributed by atoms with Crippen LogP contribution in [0, 0.1) is 5.82 Å². The van der Waals surface area contributed by atoms with Gasteiger partial charge in [-0.1, -0.05) is 18.2 Å². The minimum Gasteiger partial charge on any atom is -0.381 e. The van der Waals surface area contributed by atoms with Gasteiger partial charge < -0.3 is 15.0 Å². The lowest BCUT2D eigenvalue weighted by atomic mass is 10.0. The summed E-state index contributed by atoms with van der Waals surface area (Å²) >= 11 is 0. The first kappa shape index (κ1) is 20.1. The number of nitrogens with zero attached hydrogens (tertiary/aromatic N) is 2. The van der Waals surface area contributed by atoms with Crippen LogP contribution in [0.25, 0.3) is 0 Å². The molecule has 0 aromatic heterocycles. The topological polar surface area (TPSA) is 91.0 Å². The molecule has 3 aliphatic heterocycles. The molecule has 2 aromatic rings. The molecule has 5 rings (SSSR count). The van der Waals surface area contributed by atoms with Crippen LogP contribution >= 0.6 is 0 Å². The average Bonchev–Trinajstić information content (AvgIpc) is 3.17. The smallest absolute Gasteiger partial charge is 0.255 e. The summed E-state index contributed by atoms with van der Waals surface area (Å²) in [4.78, 5) is 40.4. The van der Waals surface area contributed by atoms with Crippen LogP contribution in [0.1, 0.15) is 42.6 Å². The minimum atomic E-state index is -2.26. The van der Waals surface area contributed by atoms with Gasteiger partial charge in [-0.2, -0.15) is 0 Å². The molecule has 2 N–H and O–H groups in total. The number of hydrogen-bond acceptors (Lipinski definition) is 6. The molecule has 0 spiro atoms. The summed E-state index contributed by atoms with van der Waals surface area (Å²) in [6.45, 7) is 1.18. The third kappa shape index (κ3) is 4.53. The van der Waals surface area contributed by atoms with E-state index in [0.717, 1.165) is 18.7 Å². The summed E-state index contributed by atoms with van der Waals surface area (Å²) < 4.78 is 37.5. The molecule has 2 aromatic carbocycles. The van der Waals surface area contributed by atoms with E-state index >= 15 is 4.39 Å². The van der Waals surface area contributed by atoms with E-state index < -0.39 is 24.3 Å². The second-order valence-corrected chi connectivity index (χ2v) is 8.68. The van der Waals surface area contributed by atoms with Crippen molar-refractivity contribution in [1.82, 2.24) is 15.1 Å². The molecule has 3 heterocycles. The number of piperidine rings is 1. The second kappa shape index (κ2) is 9.52. The van der Waals surface area contributed by atoms with Gasteiger partial charge in [0.25, 0.3) is 5.91 Å². The van der Waals surface area contributed by atoms with E-state index in [1.807, 2.05) is 0 Å². The normalized spacial score (nSPS) is 22.2. The number of rotatable bonds is 6. The summed E-state index contributed by atoms with van der Waals surface area (Å²) in [6.07, 6.45) is 0.376. The van der Waals surface area contributed by atoms with Crippen molar-refractivity contribution in [3.63, 3.8) is 0 Å². The summed E-state index contributed by atoms with van der Waals surface area (Å²) in [5.74, 6) is -1.90. The van der Waals surface area contributed by atoms with Gasteiger partial charge in [0.1, 0.15) is 11.9 Å². The number of halogens is 1. The van der Waals surface area contributed by atoms with Crippen molar-refractivity contribution >= 4 is 23.4 Å². The molecular weight excluding hydrogens is 439 g/mol. The van der Waals surface area contributed by atoms with E-state index in [0.29, 0.717) is 36.6 Å². The highest BCUT2D eigenvalue weighted by molar-refractivity contribution is 6.06. The third-order valence-electron chi connectivity index (χ3n) is 6.46. The Bertz CT molecular complexity index is 1220. The molecule has 0 radical (unpaired) electrons. The van der Waals surface area contributed by atoms with Crippen molar-refractivity contribution in [3.05, 3.63) is 64.5 Å². The number of amides is 3. The van der Waals surface area contributed by atoms with Crippen LogP contribution in [0.15, 0.2) is 36.4 Å². The van der Waals surface area contributed by atoms with Crippen molar-refractivity contribution in [2.45, 2.75) is 38.5 Å². The monoisotopic (exact) mass is 468 g/mol. The standard InChI is InChI=1S/C25H27FN4O4/c26-20-12-16(14-29-8-10-34-11-9-29)4-5-17(20)13-27-21-3-1-2-18-19(21)15-30(25(18)33)22-6-7-23(31)28-24(22)32/h1-5,12,22,27H,6-11,13-15H2,(H,28,31,32)/i13D2. The number of hydrogen-bond donors (Lipinski definition) is 2. The number of anilines is 1. The Morgan fingerprint density at radius 2 is 2.00 bits per heavy atom. The lowest BCUT2D eigenvalue weighted by Gasteiger charge is -2.29. The van der Waals surface area contributed by atoms with Crippen LogP contribution in [0.3, 0.4) is 0 Å². The molecule has 9 heteroatoms. The molecule has 8 nitrogen and oxygen atoms in total. The fraction of sp³-hybridized carbons (Fsp3) is 0.400. The van der Waals surface area contributed by atoms with Crippen LogP contribution in [0.5, 0.6) is 0 Å². The van der Waals surface area contributed by atoms with Gasteiger partial charge in [-0.25, -0.2) is 4.39 Å². The van der Waals surface area contributed by atoms with Crippen molar-refractivity contribution in [1.29, 1.82) is 0 Å². The quantitative estimate of drug-likeness (QED) is 0.631. The van der Waals surface area contributed by atoms with Crippen molar-refractivity contribution in [2.24, 2.45) is 0 Å². The van der Waals surface area contributed by atoms with E-state index in [1.54, 1.807) is 24.3 Å². The van der Waals surface area contributed by atoms with E-state index in [9.17, 15) is 14.4 Å². The third-order valence-corrected chi connectivity index (χ3v) is 6.46. The van der Waals surface area contributed by atoms with E-state index in [1.165, 1.54) is 17.0 Å². The maximum atomic E-state index is 15.1. The fourth-order valence-corrected chi connectivity index (χ4v) is 4.61. The highest BCUT2D eigenvalue weighted by atomic mass is 19.1. The van der Waals surface area contributed by atoms with Crippen molar-refractivity contribution in [3.8, 4) is 0 Å². The Morgan fingerprint density at radius 3 is 2.76 bits per heavy atom. The zero-order valence-electron chi connectivity index (χ0n) is 20.6. The molecule has 0 bridgehead atoms. The van der Waals surface area contributed by atoms with Gasteiger partial charge in [0.2, 0.25) is 11.8 Å². The number of nitrogens with one attached hydrogen (secondary N) is 2. The number of morpholine rings is 1. The van der Waals surface area contributed by atoms with Gasteiger partial charge in [0.15, 0.2) is 0 Å². The first-order valence-electron chi connectivity index (χ1n) is 12.4. The molecule has 1 unspecified atom stereocenters. The largest absolute Gasteiger partial charge is 0.381 e. The summed E-state index contributed by atoms with van der Waals surface area (Å²) in [6, 6.07) is 8.61. The summed E-state index contributed by atoms with van der Waals surface area (Å²) in [7, 11) is 0.